The van der Waals surface area contributed by atoms with Crippen molar-refractivity contribution in [2.75, 3.05) is 24.4 Å². The zero-order valence-corrected chi connectivity index (χ0v) is 20.2. The van der Waals surface area contributed by atoms with Gasteiger partial charge in [0.1, 0.15) is 23.3 Å². The number of hydrogen-bond donors (Lipinski definition) is 2. The Bertz CT molecular complexity index is 1280. The first-order chi connectivity index (χ1) is 17.0. The molecule has 3 aromatic heterocycles. The molecule has 1 amide bonds. The molecule has 4 rings (SSSR count). The number of carbonyl (C=O) groups is 1. The number of hydrogen-bond acceptors (Lipinski definition) is 8. The Balaban J connectivity index is 1.45. The maximum atomic E-state index is 13.0. The summed E-state index contributed by atoms with van der Waals surface area (Å²) in [6, 6.07) is 0.549. The van der Waals surface area contributed by atoms with Crippen LogP contribution in [0.15, 0.2) is 24.7 Å². The fraction of sp³-hybridized carbons (Fsp3) is 0.435. The number of fused-ring (bicyclic) bond motifs is 1. The Labute approximate surface area is 205 Å². The molecule has 0 saturated carbocycles. The van der Waals surface area contributed by atoms with Gasteiger partial charge in [-0.25, -0.2) is 15.0 Å². The molecule has 0 spiro atoms. The van der Waals surface area contributed by atoms with Crippen LogP contribution >= 0.6 is 0 Å². The van der Waals surface area contributed by atoms with E-state index in [1.807, 2.05) is 0 Å². The van der Waals surface area contributed by atoms with Gasteiger partial charge < -0.3 is 20.1 Å². The van der Waals surface area contributed by atoms with E-state index in [-0.39, 0.29) is 18.2 Å². The van der Waals surface area contributed by atoms with Gasteiger partial charge >= 0.3 is 6.18 Å². The quantitative estimate of drug-likeness (QED) is 0.503. The maximum absolute atomic E-state index is 13.0. The maximum Gasteiger partial charge on any atom is 0.437 e. The van der Waals surface area contributed by atoms with Crippen LogP contribution in [-0.4, -0.2) is 62.0 Å². The molecule has 0 aliphatic carbocycles. The van der Waals surface area contributed by atoms with Crippen molar-refractivity contribution >= 4 is 17.4 Å². The average Bonchev–Trinajstić information content (AvgIpc) is 3.24. The standard InChI is InChI=1S/C23H26F3N7O3/c1-12-18-21(32(3)19(13(2)34)22(35)31-18)30-17(29-12)6-5-14-9-28-33(10-14)11-15-7-16(36-4)20(27-8-15)23(24,25)26/h7-10,13,19,34H,5-6,11H2,1-4H3,(H,31,35)/t13-,19+/m1/s1. The molecule has 0 unspecified atom stereocenters. The fourth-order valence-electron chi connectivity index (χ4n) is 4.18. The molecule has 3 aromatic rings. The molecule has 0 radical (unpaired) electrons. The third-order valence-corrected chi connectivity index (χ3v) is 5.91. The fourth-order valence-corrected chi connectivity index (χ4v) is 4.18. The number of methoxy groups -OCH3 is 1. The molecule has 36 heavy (non-hydrogen) atoms. The van der Waals surface area contributed by atoms with E-state index in [0.717, 1.165) is 11.8 Å². The van der Waals surface area contributed by atoms with Crippen LogP contribution < -0.4 is 15.0 Å². The van der Waals surface area contributed by atoms with Crippen molar-refractivity contribution < 1.29 is 27.8 Å². The zero-order valence-electron chi connectivity index (χ0n) is 20.2. The lowest BCUT2D eigenvalue weighted by molar-refractivity contribution is -0.142. The largest absolute Gasteiger partial charge is 0.494 e. The molecule has 192 valence electrons. The van der Waals surface area contributed by atoms with Crippen LogP contribution in [0.1, 0.15) is 35.3 Å². The second kappa shape index (κ2) is 9.72. The minimum absolute atomic E-state index is 0.223. The molecule has 13 heteroatoms. The van der Waals surface area contributed by atoms with Crippen LogP contribution in [0.25, 0.3) is 0 Å². The number of aliphatic hydroxyl groups is 1. The number of likely N-dealkylation sites (N-methyl/N-ethyl adjacent to an activating group) is 1. The van der Waals surface area contributed by atoms with Gasteiger partial charge in [-0.3, -0.25) is 9.48 Å². The van der Waals surface area contributed by atoms with Gasteiger partial charge in [-0.05, 0) is 37.5 Å². The number of pyridine rings is 1. The summed E-state index contributed by atoms with van der Waals surface area (Å²) in [6.45, 7) is 3.56. The summed E-state index contributed by atoms with van der Waals surface area (Å²) in [6.07, 6.45) is 0.219. The van der Waals surface area contributed by atoms with Crippen molar-refractivity contribution in [1.29, 1.82) is 0 Å². The average molecular weight is 506 g/mol. The molecule has 1 aliphatic heterocycles. The van der Waals surface area contributed by atoms with Crippen molar-refractivity contribution in [1.82, 2.24) is 24.7 Å². The monoisotopic (exact) mass is 505 g/mol. The number of alkyl halides is 3. The predicted molar refractivity (Wildman–Crippen MR) is 124 cm³/mol. The van der Waals surface area contributed by atoms with Gasteiger partial charge in [0.15, 0.2) is 11.5 Å². The molecule has 2 atom stereocenters. The normalized spacial score (nSPS) is 16.5. The van der Waals surface area contributed by atoms with Crippen LogP contribution in [0, 0.1) is 6.92 Å². The molecule has 0 saturated heterocycles. The first kappa shape index (κ1) is 25.4. The topological polar surface area (TPSA) is 118 Å². The molecule has 4 heterocycles. The number of anilines is 2. The number of aryl methyl sites for hydroxylation is 3. The van der Waals surface area contributed by atoms with E-state index in [1.165, 1.54) is 13.2 Å². The zero-order chi connectivity index (χ0) is 26.2. The van der Waals surface area contributed by atoms with Crippen molar-refractivity contribution in [2.24, 2.45) is 0 Å². The summed E-state index contributed by atoms with van der Waals surface area (Å²) in [7, 11) is 2.88. The van der Waals surface area contributed by atoms with Crippen LogP contribution in [-0.2, 0) is 30.4 Å². The molecule has 1 aliphatic rings. The Kier molecular flexibility index (Phi) is 6.85. The lowest BCUT2D eigenvalue weighted by Gasteiger charge is -2.36. The minimum atomic E-state index is -4.60. The van der Waals surface area contributed by atoms with Gasteiger partial charge in [0.05, 0.1) is 31.6 Å². The molecule has 0 fully saturated rings. The van der Waals surface area contributed by atoms with Crippen LogP contribution in [0.3, 0.4) is 0 Å². The summed E-state index contributed by atoms with van der Waals surface area (Å²) >= 11 is 0. The third-order valence-electron chi connectivity index (χ3n) is 5.91. The molecule has 2 N–H and O–H groups in total. The van der Waals surface area contributed by atoms with Crippen LogP contribution in [0.5, 0.6) is 5.75 Å². The summed E-state index contributed by atoms with van der Waals surface area (Å²) in [5, 5.41) is 17.1. The number of nitrogens with one attached hydrogen (secondary N) is 1. The number of aromatic nitrogens is 5. The highest BCUT2D eigenvalue weighted by Crippen LogP contribution is 2.35. The van der Waals surface area contributed by atoms with E-state index in [9.17, 15) is 23.1 Å². The van der Waals surface area contributed by atoms with E-state index in [1.54, 1.807) is 42.9 Å². The SMILES string of the molecule is COc1cc(Cn2cc(CCc3nc(C)c4c(n3)N(C)[C@@H]([C@@H](C)O)C(=O)N4)cn2)cnc1C(F)(F)F. The Morgan fingerprint density at radius 3 is 2.64 bits per heavy atom. The molecular weight excluding hydrogens is 479 g/mol. The summed E-state index contributed by atoms with van der Waals surface area (Å²) < 4.78 is 45.6. The molecule has 0 aromatic carbocycles. The van der Waals surface area contributed by atoms with Crippen molar-refractivity contribution in [2.45, 2.75) is 51.6 Å². The van der Waals surface area contributed by atoms with Gasteiger partial charge in [-0.1, -0.05) is 0 Å². The van der Waals surface area contributed by atoms with Crippen LogP contribution in [0.2, 0.25) is 0 Å². The van der Waals surface area contributed by atoms with Crippen LogP contribution in [0.4, 0.5) is 24.7 Å². The van der Waals surface area contributed by atoms with Gasteiger partial charge in [-0.2, -0.15) is 18.3 Å². The van der Waals surface area contributed by atoms with Gasteiger partial charge in [0.25, 0.3) is 0 Å². The highest BCUT2D eigenvalue weighted by molar-refractivity contribution is 6.03. The number of carbonyl (C=O) groups excluding carboxylic acids is 1. The summed E-state index contributed by atoms with van der Waals surface area (Å²) in [5.74, 6) is 0.462. The lowest BCUT2D eigenvalue weighted by atomic mass is 10.1. The Morgan fingerprint density at radius 2 is 1.97 bits per heavy atom. The predicted octanol–water partition coefficient (Wildman–Crippen LogP) is 2.38. The van der Waals surface area contributed by atoms with Gasteiger partial charge in [-0.15, -0.1) is 0 Å². The second-order valence-electron chi connectivity index (χ2n) is 8.65. The minimum Gasteiger partial charge on any atom is -0.494 e. The van der Waals surface area contributed by atoms with E-state index in [0.29, 0.717) is 41.4 Å². The van der Waals surface area contributed by atoms with E-state index < -0.39 is 24.0 Å². The number of ether oxygens (including phenoxy) is 1. The number of rotatable bonds is 7. The number of amides is 1. The molecule has 0 bridgehead atoms. The van der Waals surface area contributed by atoms with E-state index in [2.05, 4.69) is 25.4 Å². The highest BCUT2D eigenvalue weighted by Gasteiger charge is 2.37. The molecular formula is C23H26F3N7O3. The van der Waals surface area contributed by atoms with E-state index >= 15 is 0 Å². The Hall–Kier alpha value is -3.74. The number of aliphatic hydroxyl groups excluding tert-OH is 1. The van der Waals surface area contributed by atoms with Crippen molar-refractivity contribution in [3.05, 3.63) is 53.0 Å². The molecule has 10 nitrogen and oxygen atoms in total. The lowest BCUT2D eigenvalue weighted by Crippen LogP contribution is -2.52. The first-order valence-corrected chi connectivity index (χ1v) is 11.2. The summed E-state index contributed by atoms with van der Waals surface area (Å²) in [4.78, 5) is 26.6. The summed E-state index contributed by atoms with van der Waals surface area (Å²) in [5.41, 5.74) is 1.49. The van der Waals surface area contributed by atoms with Gasteiger partial charge in [0.2, 0.25) is 5.91 Å². The van der Waals surface area contributed by atoms with Crippen molar-refractivity contribution in [3.8, 4) is 5.75 Å². The third kappa shape index (κ3) is 5.10. The Morgan fingerprint density at radius 1 is 1.22 bits per heavy atom. The second-order valence-corrected chi connectivity index (χ2v) is 8.65. The number of nitrogens with zero attached hydrogens (tertiary/aromatic N) is 6. The number of halogens is 3. The first-order valence-electron chi connectivity index (χ1n) is 11.2. The smallest absolute Gasteiger partial charge is 0.437 e. The highest BCUT2D eigenvalue weighted by atomic mass is 19.4. The van der Waals surface area contributed by atoms with E-state index in [4.69, 9.17) is 4.74 Å². The van der Waals surface area contributed by atoms with Crippen molar-refractivity contribution in [3.63, 3.8) is 0 Å². The van der Waals surface area contributed by atoms with Gasteiger partial charge in [0, 0.05) is 25.9 Å².